The molecule has 1 heterocycles. The summed E-state index contributed by atoms with van der Waals surface area (Å²) < 4.78 is 22.8. The lowest BCUT2D eigenvalue weighted by Crippen LogP contribution is -2.50. The van der Waals surface area contributed by atoms with Crippen molar-refractivity contribution in [1.82, 2.24) is 5.32 Å². The van der Waals surface area contributed by atoms with E-state index in [1.165, 1.54) is 19.3 Å². The van der Waals surface area contributed by atoms with Gasteiger partial charge >= 0.3 is 0 Å². The molecule has 1 aliphatic carbocycles. The molecule has 1 saturated heterocycles. The summed E-state index contributed by atoms with van der Waals surface area (Å²) in [4.78, 5) is 0. The van der Waals surface area contributed by atoms with E-state index in [0.29, 0.717) is 25.4 Å². The summed E-state index contributed by atoms with van der Waals surface area (Å²) in [6.07, 6.45) is 4.37. The zero-order valence-corrected chi connectivity index (χ0v) is 12.9. The quantitative estimate of drug-likeness (QED) is 0.823. The van der Waals surface area contributed by atoms with Crippen molar-refractivity contribution in [2.45, 2.75) is 57.6 Å². The topological polar surface area (TPSA) is 66.4 Å². The van der Waals surface area contributed by atoms with E-state index in [1.807, 2.05) is 0 Å². The van der Waals surface area contributed by atoms with Crippen LogP contribution < -0.4 is 5.32 Å². The largest absolute Gasteiger partial charge is 0.388 e. The summed E-state index contributed by atoms with van der Waals surface area (Å²) in [7, 11) is -2.90. The van der Waals surface area contributed by atoms with Gasteiger partial charge in [0, 0.05) is 12.6 Å². The molecule has 2 aliphatic rings. The maximum atomic E-state index is 11.4. The van der Waals surface area contributed by atoms with E-state index in [9.17, 15) is 13.5 Å². The third-order valence-corrected chi connectivity index (χ3v) is 6.31. The van der Waals surface area contributed by atoms with E-state index in [0.717, 1.165) is 11.8 Å². The van der Waals surface area contributed by atoms with Crippen LogP contribution in [0.25, 0.3) is 0 Å². The van der Waals surface area contributed by atoms with Crippen LogP contribution in [0.4, 0.5) is 0 Å². The summed E-state index contributed by atoms with van der Waals surface area (Å²) in [5.41, 5.74) is -0.824. The molecule has 0 spiro atoms. The van der Waals surface area contributed by atoms with Crippen molar-refractivity contribution in [3.63, 3.8) is 0 Å². The van der Waals surface area contributed by atoms with E-state index in [4.69, 9.17) is 0 Å². The van der Waals surface area contributed by atoms with Gasteiger partial charge in [0.1, 0.15) is 0 Å². The summed E-state index contributed by atoms with van der Waals surface area (Å²) in [5, 5.41) is 13.9. The fourth-order valence-corrected chi connectivity index (χ4v) is 5.13. The Labute approximate surface area is 116 Å². The Bertz CT molecular complexity index is 383. The fourth-order valence-electron chi connectivity index (χ4n) is 3.54. The van der Waals surface area contributed by atoms with Gasteiger partial charge in [0.25, 0.3) is 0 Å². The molecule has 2 rings (SSSR count). The number of sulfone groups is 1. The van der Waals surface area contributed by atoms with Crippen molar-refractivity contribution in [3.8, 4) is 0 Å². The van der Waals surface area contributed by atoms with Crippen LogP contribution in [0.5, 0.6) is 0 Å². The highest BCUT2D eigenvalue weighted by Gasteiger charge is 2.36. The van der Waals surface area contributed by atoms with E-state index < -0.39 is 15.4 Å². The van der Waals surface area contributed by atoms with Crippen LogP contribution in [-0.2, 0) is 9.84 Å². The van der Waals surface area contributed by atoms with Gasteiger partial charge in [-0.1, -0.05) is 13.8 Å². The Morgan fingerprint density at radius 2 is 1.63 bits per heavy atom. The van der Waals surface area contributed by atoms with Crippen LogP contribution in [0.1, 0.15) is 46.0 Å². The van der Waals surface area contributed by atoms with Crippen LogP contribution in [0, 0.1) is 11.8 Å². The average Bonchev–Trinajstić information content (AvgIpc) is 2.30. The number of hydrogen-bond donors (Lipinski definition) is 2. The van der Waals surface area contributed by atoms with Gasteiger partial charge in [-0.05, 0) is 43.9 Å². The summed E-state index contributed by atoms with van der Waals surface area (Å²) in [6, 6.07) is 0.473. The molecule has 1 saturated carbocycles. The maximum absolute atomic E-state index is 11.4. The normalized spacial score (nSPS) is 37.9. The second-order valence-electron chi connectivity index (χ2n) is 6.87. The van der Waals surface area contributed by atoms with Crippen molar-refractivity contribution in [3.05, 3.63) is 0 Å². The van der Waals surface area contributed by atoms with Gasteiger partial charge in [-0.15, -0.1) is 0 Å². The minimum absolute atomic E-state index is 0.128. The highest BCUT2D eigenvalue weighted by Crippen LogP contribution is 2.29. The zero-order chi connectivity index (χ0) is 14.1. The lowest BCUT2D eigenvalue weighted by atomic mass is 9.80. The van der Waals surface area contributed by atoms with Gasteiger partial charge < -0.3 is 10.4 Å². The Kier molecular flexibility index (Phi) is 4.58. The number of rotatable bonds is 3. The molecule has 19 heavy (non-hydrogen) atoms. The number of hydrogen-bond acceptors (Lipinski definition) is 4. The number of nitrogens with one attached hydrogen (secondary N) is 1. The van der Waals surface area contributed by atoms with Crippen molar-refractivity contribution >= 4 is 9.84 Å². The SMILES string of the molecule is C[C@@H]1CC(NCC2(O)CCS(=O)(=O)CC2)C[C@H](C)C1. The Morgan fingerprint density at radius 3 is 2.16 bits per heavy atom. The molecule has 5 heteroatoms. The van der Waals surface area contributed by atoms with E-state index in [2.05, 4.69) is 19.2 Å². The molecule has 3 atom stereocenters. The molecule has 4 nitrogen and oxygen atoms in total. The molecule has 0 aromatic rings. The summed E-state index contributed by atoms with van der Waals surface area (Å²) in [6.45, 7) is 5.10. The predicted octanol–water partition coefficient (Wildman–Crippen LogP) is 1.34. The Hall–Kier alpha value is -0.130. The minimum Gasteiger partial charge on any atom is -0.388 e. The molecule has 0 aromatic heterocycles. The summed E-state index contributed by atoms with van der Waals surface area (Å²) in [5.74, 6) is 1.73. The molecule has 2 N–H and O–H groups in total. The Balaban J connectivity index is 1.82. The van der Waals surface area contributed by atoms with Crippen LogP contribution in [0.2, 0.25) is 0 Å². The minimum atomic E-state index is -2.90. The van der Waals surface area contributed by atoms with E-state index in [1.54, 1.807) is 0 Å². The molecule has 0 aromatic carbocycles. The number of aliphatic hydroxyl groups is 1. The predicted molar refractivity (Wildman–Crippen MR) is 76.8 cm³/mol. The highest BCUT2D eigenvalue weighted by molar-refractivity contribution is 7.91. The van der Waals surface area contributed by atoms with Crippen LogP contribution in [0.3, 0.4) is 0 Å². The maximum Gasteiger partial charge on any atom is 0.150 e. The van der Waals surface area contributed by atoms with Crippen molar-refractivity contribution < 1.29 is 13.5 Å². The lowest BCUT2D eigenvalue weighted by Gasteiger charge is -2.37. The van der Waals surface area contributed by atoms with Crippen molar-refractivity contribution in [2.75, 3.05) is 18.1 Å². The molecule has 112 valence electrons. The third-order valence-electron chi connectivity index (χ3n) is 4.66. The zero-order valence-electron chi connectivity index (χ0n) is 12.1. The van der Waals surface area contributed by atoms with Crippen molar-refractivity contribution in [1.29, 1.82) is 0 Å². The molecule has 2 fully saturated rings. The highest BCUT2D eigenvalue weighted by atomic mass is 32.2. The van der Waals surface area contributed by atoms with Gasteiger partial charge in [0.2, 0.25) is 0 Å². The second-order valence-corrected chi connectivity index (χ2v) is 9.18. The standard InChI is InChI=1S/C14H27NO3S/c1-11-7-12(2)9-13(8-11)15-10-14(16)3-5-19(17,18)6-4-14/h11-13,15-16H,3-10H2,1-2H3/t11-,12+,13?. The molecule has 0 bridgehead atoms. The third kappa shape index (κ3) is 4.43. The molecule has 0 amide bonds. The van der Waals surface area contributed by atoms with Crippen LogP contribution >= 0.6 is 0 Å². The van der Waals surface area contributed by atoms with Crippen molar-refractivity contribution in [2.24, 2.45) is 11.8 Å². The molecule has 1 unspecified atom stereocenters. The Morgan fingerprint density at radius 1 is 1.11 bits per heavy atom. The lowest BCUT2D eigenvalue weighted by molar-refractivity contribution is 0.0249. The van der Waals surface area contributed by atoms with Gasteiger partial charge in [-0.3, -0.25) is 0 Å². The molecular formula is C14H27NO3S. The van der Waals surface area contributed by atoms with Gasteiger partial charge in [-0.25, -0.2) is 8.42 Å². The van der Waals surface area contributed by atoms with Gasteiger partial charge in [0.05, 0.1) is 17.1 Å². The molecular weight excluding hydrogens is 262 g/mol. The van der Waals surface area contributed by atoms with E-state index >= 15 is 0 Å². The fraction of sp³-hybridized carbons (Fsp3) is 1.00. The van der Waals surface area contributed by atoms with E-state index in [-0.39, 0.29) is 11.5 Å². The second kappa shape index (κ2) is 5.70. The van der Waals surface area contributed by atoms with Crippen LogP contribution in [-0.4, -0.2) is 43.2 Å². The van der Waals surface area contributed by atoms with Crippen LogP contribution in [0.15, 0.2) is 0 Å². The average molecular weight is 289 g/mol. The molecule has 0 radical (unpaired) electrons. The first-order valence-electron chi connectivity index (χ1n) is 7.44. The van der Waals surface area contributed by atoms with Gasteiger partial charge in [0.15, 0.2) is 9.84 Å². The monoisotopic (exact) mass is 289 g/mol. The first-order valence-corrected chi connectivity index (χ1v) is 9.26. The molecule has 1 aliphatic heterocycles. The first kappa shape index (κ1) is 15.3. The van der Waals surface area contributed by atoms with Gasteiger partial charge in [-0.2, -0.15) is 0 Å². The first-order chi connectivity index (χ1) is 8.78. The smallest absolute Gasteiger partial charge is 0.150 e. The summed E-state index contributed by atoms with van der Waals surface area (Å²) >= 11 is 0.